The van der Waals surface area contributed by atoms with Crippen molar-refractivity contribution in [3.05, 3.63) is 41.6 Å². The lowest BCUT2D eigenvalue weighted by Crippen LogP contribution is -2.29. The summed E-state index contributed by atoms with van der Waals surface area (Å²) < 4.78 is 0. The molecule has 1 aromatic heterocycles. The molecule has 4 nitrogen and oxygen atoms in total. The van der Waals surface area contributed by atoms with E-state index in [1.807, 2.05) is 0 Å². The van der Waals surface area contributed by atoms with Gasteiger partial charge in [0.25, 0.3) is 0 Å². The molecule has 0 atom stereocenters. The van der Waals surface area contributed by atoms with E-state index in [4.69, 9.17) is 9.97 Å². The Bertz CT molecular complexity index is 613. The molecule has 0 amide bonds. The molecule has 0 bridgehead atoms. The first kappa shape index (κ1) is 15.0. The van der Waals surface area contributed by atoms with Gasteiger partial charge < -0.3 is 10.2 Å². The number of nitrogens with one attached hydrogen (secondary N) is 1. The molecule has 0 radical (unpaired) electrons. The Kier molecular flexibility index (Phi) is 4.68. The third-order valence-corrected chi connectivity index (χ3v) is 4.10. The van der Waals surface area contributed by atoms with Crippen LogP contribution in [0.15, 0.2) is 30.3 Å². The van der Waals surface area contributed by atoms with Crippen LogP contribution in [0.3, 0.4) is 0 Å². The van der Waals surface area contributed by atoms with Gasteiger partial charge >= 0.3 is 0 Å². The number of rotatable bonds is 3. The molecule has 22 heavy (non-hydrogen) atoms. The second-order valence-electron chi connectivity index (χ2n) is 5.85. The van der Waals surface area contributed by atoms with E-state index in [1.54, 1.807) is 0 Å². The molecule has 0 unspecified atom stereocenters. The molecule has 2 aromatic rings. The number of benzene rings is 1. The normalized spacial score (nSPS) is 15.6. The van der Waals surface area contributed by atoms with Crippen molar-refractivity contribution in [3.63, 3.8) is 0 Å². The quantitative estimate of drug-likeness (QED) is 0.945. The van der Waals surface area contributed by atoms with Crippen molar-refractivity contribution in [1.82, 2.24) is 15.3 Å². The molecule has 1 N–H and O–H groups in total. The van der Waals surface area contributed by atoms with Crippen molar-refractivity contribution in [2.24, 2.45) is 0 Å². The standard InChI is InChI=1S/C18H24N4/c1-3-16-13-17(22-11-4-9-19-10-12-22)21-18(20-16)15-7-5-14(2)6-8-15/h5-8,13,19H,3-4,9-12H2,1-2H3. The van der Waals surface area contributed by atoms with Crippen molar-refractivity contribution < 1.29 is 0 Å². The lowest BCUT2D eigenvalue weighted by molar-refractivity contribution is 0.724. The maximum absolute atomic E-state index is 4.83. The van der Waals surface area contributed by atoms with Crippen LogP contribution < -0.4 is 10.2 Å². The zero-order valence-corrected chi connectivity index (χ0v) is 13.5. The van der Waals surface area contributed by atoms with Crippen molar-refractivity contribution >= 4 is 5.82 Å². The van der Waals surface area contributed by atoms with Crippen LogP contribution in [0.2, 0.25) is 0 Å². The molecule has 1 aliphatic heterocycles. The minimum absolute atomic E-state index is 0.839. The van der Waals surface area contributed by atoms with Gasteiger partial charge in [0.1, 0.15) is 5.82 Å². The monoisotopic (exact) mass is 296 g/mol. The van der Waals surface area contributed by atoms with Crippen LogP contribution in [0.4, 0.5) is 5.82 Å². The van der Waals surface area contributed by atoms with E-state index < -0.39 is 0 Å². The second kappa shape index (κ2) is 6.88. The van der Waals surface area contributed by atoms with Gasteiger partial charge in [0.2, 0.25) is 0 Å². The van der Waals surface area contributed by atoms with Crippen LogP contribution in [0.25, 0.3) is 11.4 Å². The molecule has 1 aliphatic rings. The van der Waals surface area contributed by atoms with Gasteiger partial charge in [0, 0.05) is 37.0 Å². The Morgan fingerprint density at radius 3 is 2.68 bits per heavy atom. The summed E-state index contributed by atoms with van der Waals surface area (Å²) in [6.45, 7) is 8.42. The summed E-state index contributed by atoms with van der Waals surface area (Å²) in [4.78, 5) is 11.9. The number of aryl methyl sites for hydroxylation is 2. The lowest BCUT2D eigenvalue weighted by atomic mass is 10.1. The molecule has 1 saturated heterocycles. The Labute approximate surface area is 132 Å². The van der Waals surface area contributed by atoms with E-state index in [0.717, 1.165) is 61.9 Å². The number of nitrogens with zero attached hydrogens (tertiary/aromatic N) is 3. The Balaban J connectivity index is 1.96. The van der Waals surface area contributed by atoms with Gasteiger partial charge in [0.05, 0.1) is 0 Å². The first-order valence-corrected chi connectivity index (χ1v) is 8.17. The van der Waals surface area contributed by atoms with Gasteiger partial charge in [-0.05, 0) is 26.3 Å². The molecule has 2 heterocycles. The van der Waals surface area contributed by atoms with Crippen LogP contribution in [-0.2, 0) is 6.42 Å². The Morgan fingerprint density at radius 1 is 1.09 bits per heavy atom. The Morgan fingerprint density at radius 2 is 1.91 bits per heavy atom. The zero-order valence-electron chi connectivity index (χ0n) is 13.5. The highest BCUT2D eigenvalue weighted by Crippen LogP contribution is 2.21. The zero-order chi connectivity index (χ0) is 15.4. The summed E-state index contributed by atoms with van der Waals surface area (Å²) >= 11 is 0. The molecule has 3 rings (SSSR count). The maximum atomic E-state index is 4.83. The maximum Gasteiger partial charge on any atom is 0.161 e. The highest BCUT2D eigenvalue weighted by molar-refractivity contribution is 5.58. The lowest BCUT2D eigenvalue weighted by Gasteiger charge is -2.22. The number of anilines is 1. The fourth-order valence-corrected chi connectivity index (χ4v) is 2.73. The summed E-state index contributed by atoms with van der Waals surface area (Å²) in [7, 11) is 0. The predicted molar refractivity (Wildman–Crippen MR) is 91.3 cm³/mol. The SMILES string of the molecule is CCc1cc(N2CCCNCC2)nc(-c2ccc(C)cc2)n1. The Hall–Kier alpha value is -1.94. The summed E-state index contributed by atoms with van der Waals surface area (Å²) in [5.41, 5.74) is 3.46. The number of hydrogen-bond donors (Lipinski definition) is 1. The molecular formula is C18H24N4. The molecule has 4 heteroatoms. The van der Waals surface area contributed by atoms with Crippen molar-refractivity contribution in [2.45, 2.75) is 26.7 Å². The van der Waals surface area contributed by atoms with Crippen LogP contribution in [0.1, 0.15) is 24.6 Å². The van der Waals surface area contributed by atoms with Crippen molar-refractivity contribution in [3.8, 4) is 11.4 Å². The minimum atomic E-state index is 0.839. The third kappa shape index (κ3) is 3.45. The summed E-state index contributed by atoms with van der Waals surface area (Å²) in [6, 6.07) is 10.6. The van der Waals surface area contributed by atoms with E-state index in [2.05, 4.69) is 54.4 Å². The van der Waals surface area contributed by atoms with Crippen LogP contribution in [0, 0.1) is 6.92 Å². The van der Waals surface area contributed by atoms with Crippen LogP contribution in [-0.4, -0.2) is 36.1 Å². The van der Waals surface area contributed by atoms with Crippen LogP contribution >= 0.6 is 0 Å². The number of hydrogen-bond acceptors (Lipinski definition) is 4. The fourth-order valence-electron chi connectivity index (χ4n) is 2.73. The van der Waals surface area contributed by atoms with Crippen LogP contribution in [0.5, 0.6) is 0 Å². The first-order valence-electron chi connectivity index (χ1n) is 8.17. The summed E-state index contributed by atoms with van der Waals surface area (Å²) in [6.07, 6.45) is 2.09. The van der Waals surface area contributed by atoms with Crippen molar-refractivity contribution in [1.29, 1.82) is 0 Å². The van der Waals surface area contributed by atoms with Gasteiger partial charge in [-0.25, -0.2) is 9.97 Å². The van der Waals surface area contributed by atoms with E-state index in [9.17, 15) is 0 Å². The highest BCUT2D eigenvalue weighted by Gasteiger charge is 2.14. The topological polar surface area (TPSA) is 41.0 Å². The van der Waals surface area contributed by atoms with E-state index in [1.165, 1.54) is 5.56 Å². The predicted octanol–water partition coefficient (Wildman–Crippen LogP) is 2.81. The van der Waals surface area contributed by atoms with Gasteiger partial charge in [-0.2, -0.15) is 0 Å². The minimum Gasteiger partial charge on any atom is -0.355 e. The smallest absolute Gasteiger partial charge is 0.161 e. The summed E-state index contributed by atoms with van der Waals surface area (Å²) in [5, 5.41) is 3.44. The molecular weight excluding hydrogens is 272 g/mol. The van der Waals surface area contributed by atoms with E-state index >= 15 is 0 Å². The molecule has 0 aliphatic carbocycles. The van der Waals surface area contributed by atoms with Gasteiger partial charge in [-0.3, -0.25) is 0 Å². The van der Waals surface area contributed by atoms with E-state index in [-0.39, 0.29) is 0 Å². The average molecular weight is 296 g/mol. The third-order valence-electron chi connectivity index (χ3n) is 4.10. The highest BCUT2D eigenvalue weighted by atomic mass is 15.2. The summed E-state index contributed by atoms with van der Waals surface area (Å²) in [5.74, 6) is 1.90. The molecule has 0 saturated carbocycles. The van der Waals surface area contributed by atoms with Gasteiger partial charge in [-0.1, -0.05) is 36.8 Å². The second-order valence-corrected chi connectivity index (χ2v) is 5.85. The van der Waals surface area contributed by atoms with Gasteiger partial charge in [-0.15, -0.1) is 0 Å². The average Bonchev–Trinajstić information content (AvgIpc) is 2.84. The van der Waals surface area contributed by atoms with Crippen molar-refractivity contribution in [2.75, 3.05) is 31.1 Å². The molecule has 0 spiro atoms. The van der Waals surface area contributed by atoms with E-state index in [0.29, 0.717) is 0 Å². The molecule has 116 valence electrons. The van der Waals surface area contributed by atoms with Gasteiger partial charge in [0.15, 0.2) is 5.82 Å². The first-order chi connectivity index (χ1) is 10.8. The fraction of sp³-hybridized carbons (Fsp3) is 0.444. The molecule has 1 aromatic carbocycles. The number of aromatic nitrogens is 2. The largest absolute Gasteiger partial charge is 0.355 e. The molecule has 1 fully saturated rings.